The van der Waals surface area contributed by atoms with E-state index in [2.05, 4.69) is 26.6 Å². The fourth-order valence-electron chi connectivity index (χ4n) is 2.68. The SMILES string of the molecule is O=C1NCCc2c(NCc3ccc(Br)cc3[N+](=O)[O-])cccc21. The smallest absolute Gasteiger partial charge is 0.275 e. The minimum atomic E-state index is -0.393. The largest absolute Gasteiger partial charge is 0.380 e. The lowest BCUT2D eigenvalue weighted by Crippen LogP contribution is -2.32. The molecule has 1 aliphatic rings. The zero-order valence-electron chi connectivity index (χ0n) is 12.1. The summed E-state index contributed by atoms with van der Waals surface area (Å²) in [5, 5.41) is 17.2. The number of anilines is 1. The van der Waals surface area contributed by atoms with Crippen LogP contribution in [0.2, 0.25) is 0 Å². The minimum Gasteiger partial charge on any atom is -0.380 e. The van der Waals surface area contributed by atoms with Crippen LogP contribution in [0, 0.1) is 10.1 Å². The number of hydrogen-bond acceptors (Lipinski definition) is 4. The molecule has 6 nitrogen and oxygen atoms in total. The molecule has 0 spiro atoms. The van der Waals surface area contributed by atoms with Crippen LogP contribution >= 0.6 is 15.9 Å². The quantitative estimate of drug-likeness (QED) is 0.634. The second-order valence-electron chi connectivity index (χ2n) is 5.22. The second kappa shape index (κ2) is 6.37. The molecule has 0 saturated heterocycles. The van der Waals surface area contributed by atoms with Crippen molar-refractivity contribution in [2.75, 3.05) is 11.9 Å². The molecule has 0 aliphatic carbocycles. The molecule has 0 saturated carbocycles. The van der Waals surface area contributed by atoms with Crippen LogP contribution in [-0.2, 0) is 13.0 Å². The van der Waals surface area contributed by atoms with Crippen molar-refractivity contribution < 1.29 is 9.72 Å². The molecule has 0 atom stereocenters. The van der Waals surface area contributed by atoms with Crippen LogP contribution in [0.1, 0.15) is 21.5 Å². The highest BCUT2D eigenvalue weighted by molar-refractivity contribution is 9.10. The highest BCUT2D eigenvalue weighted by atomic mass is 79.9. The van der Waals surface area contributed by atoms with Gasteiger partial charge >= 0.3 is 0 Å². The number of rotatable bonds is 4. The second-order valence-corrected chi connectivity index (χ2v) is 6.14. The first-order valence-corrected chi connectivity index (χ1v) is 7.92. The third-order valence-electron chi connectivity index (χ3n) is 3.79. The molecule has 2 aromatic rings. The summed E-state index contributed by atoms with van der Waals surface area (Å²) in [6, 6.07) is 10.5. The third-order valence-corrected chi connectivity index (χ3v) is 4.29. The van der Waals surface area contributed by atoms with Crippen molar-refractivity contribution in [1.82, 2.24) is 5.32 Å². The van der Waals surface area contributed by atoms with Crippen molar-refractivity contribution in [2.24, 2.45) is 0 Å². The molecular weight excluding hydrogens is 362 g/mol. The topological polar surface area (TPSA) is 84.3 Å². The average Bonchev–Trinajstić information content (AvgIpc) is 2.54. The van der Waals surface area contributed by atoms with Crippen molar-refractivity contribution >= 4 is 33.2 Å². The van der Waals surface area contributed by atoms with Gasteiger partial charge in [-0.3, -0.25) is 14.9 Å². The Kier molecular flexibility index (Phi) is 4.29. The van der Waals surface area contributed by atoms with Crippen LogP contribution in [0.3, 0.4) is 0 Å². The number of amides is 1. The number of carbonyl (C=O) groups excluding carboxylic acids is 1. The fraction of sp³-hybridized carbons (Fsp3) is 0.188. The number of fused-ring (bicyclic) bond motifs is 1. The predicted molar refractivity (Wildman–Crippen MR) is 90.6 cm³/mol. The van der Waals surface area contributed by atoms with E-state index in [0.717, 1.165) is 17.7 Å². The maximum Gasteiger partial charge on any atom is 0.275 e. The zero-order valence-corrected chi connectivity index (χ0v) is 13.7. The fourth-order valence-corrected chi connectivity index (χ4v) is 3.03. The normalized spacial score (nSPS) is 13.2. The third kappa shape index (κ3) is 3.19. The molecule has 0 radical (unpaired) electrons. The lowest BCUT2D eigenvalue weighted by molar-refractivity contribution is -0.385. The summed E-state index contributed by atoms with van der Waals surface area (Å²) in [6.45, 7) is 0.921. The summed E-state index contributed by atoms with van der Waals surface area (Å²) in [4.78, 5) is 22.6. The molecule has 0 bridgehead atoms. The summed E-state index contributed by atoms with van der Waals surface area (Å²) in [6.07, 6.45) is 0.743. The first kappa shape index (κ1) is 15.5. The Labute approximate surface area is 141 Å². The standard InChI is InChI=1S/C16H14BrN3O3/c17-11-5-4-10(15(8-11)20(22)23)9-19-14-3-1-2-13-12(14)6-7-18-16(13)21/h1-5,8,19H,6-7,9H2,(H,18,21). The van der Waals surface area contributed by atoms with Crippen LogP contribution in [0.5, 0.6) is 0 Å². The zero-order chi connectivity index (χ0) is 16.4. The van der Waals surface area contributed by atoms with Gasteiger partial charge in [-0.15, -0.1) is 0 Å². The van der Waals surface area contributed by atoms with Crippen molar-refractivity contribution in [3.8, 4) is 0 Å². The molecule has 3 rings (SSSR count). The van der Waals surface area contributed by atoms with Gasteiger partial charge in [-0.25, -0.2) is 0 Å². The van der Waals surface area contributed by atoms with Crippen molar-refractivity contribution in [1.29, 1.82) is 0 Å². The van der Waals surface area contributed by atoms with Gasteiger partial charge in [0.25, 0.3) is 11.6 Å². The molecule has 1 amide bonds. The monoisotopic (exact) mass is 375 g/mol. The van der Waals surface area contributed by atoms with E-state index in [-0.39, 0.29) is 11.6 Å². The highest BCUT2D eigenvalue weighted by Crippen LogP contribution is 2.27. The van der Waals surface area contributed by atoms with E-state index in [1.165, 1.54) is 6.07 Å². The van der Waals surface area contributed by atoms with Gasteiger partial charge in [0.2, 0.25) is 0 Å². The number of benzene rings is 2. The van der Waals surface area contributed by atoms with Gasteiger partial charge in [-0.05, 0) is 36.2 Å². The predicted octanol–water partition coefficient (Wildman–Crippen LogP) is 3.26. The van der Waals surface area contributed by atoms with Crippen LogP contribution in [0.15, 0.2) is 40.9 Å². The molecule has 0 aromatic heterocycles. The highest BCUT2D eigenvalue weighted by Gasteiger charge is 2.20. The Morgan fingerprint density at radius 2 is 2.13 bits per heavy atom. The summed E-state index contributed by atoms with van der Waals surface area (Å²) in [5.41, 5.74) is 3.11. The number of nitro groups is 1. The van der Waals surface area contributed by atoms with E-state index >= 15 is 0 Å². The number of nitrogens with zero attached hydrogens (tertiary/aromatic N) is 1. The summed E-state index contributed by atoms with van der Waals surface area (Å²) >= 11 is 3.25. The van der Waals surface area contributed by atoms with Crippen molar-refractivity contribution in [3.05, 3.63) is 67.7 Å². The van der Waals surface area contributed by atoms with E-state index in [1.54, 1.807) is 18.2 Å². The van der Waals surface area contributed by atoms with Crippen LogP contribution < -0.4 is 10.6 Å². The lowest BCUT2D eigenvalue weighted by Gasteiger charge is -2.20. The number of halogens is 1. The van der Waals surface area contributed by atoms with E-state index in [1.807, 2.05) is 12.1 Å². The van der Waals surface area contributed by atoms with E-state index in [4.69, 9.17) is 0 Å². The Balaban J connectivity index is 1.86. The molecule has 0 unspecified atom stereocenters. The summed E-state index contributed by atoms with van der Waals surface area (Å²) in [7, 11) is 0. The maximum atomic E-state index is 11.9. The molecule has 0 fully saturated rings. The summed E-state index contributed by atoms with van der Waals surface area (Å²) in [5.74, 6) is -0.0791. The van der Waals surface area contributed by atoms with Gasteiger partial charge in [0, 0.05) is 40.4 Å². The molecule has 1 heterocycles. The first-order chi connectivity index (χ1) is 11.1. The van der Waals surface area contributed by atoms with Crippen LogP contribution in [0.25, 0.3) is 0 Å². The van der Waals surface area contributed by atoms with Gasteiger partial charge in [0.15, 0.2) is 0 Å². The Bertz CT molecular complexity index is 792. The van der Waals surface area contributed by atoms with E-state index in [9.17, 15) is 14.9 Å². The van der Waals surface area contributed by atoms with Gasteiger partial charge in [-0.2, -0.15) is 0 Å². The number of carbonyl (C=O) groups is 1. The lowest BCUT2D eigenvalue weighted by atomic mass is 9.98. The first-order valence-electron chi connectivity index (χ1n) is 7.13. The van der Waals surface area contributed by atoms with Gasteiger partial charge in [-0.1, -0.05) is 22.0 Å². The molecule has 118 valence electrons. The Hall–Kier alpha value is -2.41. The Morgan fingerprint density at radius 1 is 1.30 bits per heavy atom. The van der Waals surface area contributed by atoms with Gasteiger partial charge in [0.05, 0.1) is 4.92 Å². The van der Waals surface area contributed by atoms with Crippen LogP contribution in [0.4, 0.5) is 11.4 Å². The molecular formula is C16H14BrN3O3. The van der Waals surface area contributed by atoms with Crippen LogP contribution in [-0.4, -0.2) is 17.4 Å². The van der Waals surface area contributed by atoms with Gasteiger partial charge < -0.3 is 10.6 Å². The van der Waals surface area contributed by atoms with Crippen molar-refractivity contribution in [2.45, 2.75) is 13.0 Å². The Morgan fingerprint density at radius 3 is 2.91 bits per heavy atom. The molecule has 2 aromatic carbocycles. The molecule has 7 heteroatoms. The summed E-state index contributed by atoms with van der Waals surface area (Å²) < 4.78 is 0.668. The van der Waals surface area contributed by atoms with Crippen molar-refractivity contribution in [3.63, 3.8) is 0 Å². The number of nitrogens with one attached hydrogen (secondary N) is 2. The van der Waals surface area contributed by atoms with E-state index < -0.39 is 4.92 Å². The number of nitro benzene ring substituents is 1. The molecule has 2 N–H and O–H groups in total. The average molecular weight is 376 g/mol. The molecule has 23 heavy (non-hydrogen) atoms. The van der Waals surface area contributed by atoms with E-state index in [0.29, 0.717) is 28.7 Å². The number of hydrogen-bond donors (Lipinski definition) is 2. The maximum absolute atomic E-state index is 11.9. The molecule has 1 aliphatic heterocycles. The van der Waals surface area contributed by atoms with Gasteiger partial charge in [0.1, 0.15) is 0 Å². The minimum absolute atomic E-state index is 0.0643.